The molecule has 1 fully saturated rings. The molecule has 1 heteroatoms. The van der Waals surface area contributed by atoms with Crippen LogP contribution in [0.3, 0.4) is 0 Å². The minimum Gasteiger partial charge on any atom is -0.390 e. The molecule has 0 aromatic heterocycles. The van der Waals surface area contributed by atoms with Gasteiger partial charge in [0, 0.05) is 0 Å². The van der Waals surface area contributed by atoms with Gasteiger partial charge in [-0.05, 0) is 43.6 Å². The summed E-state index contributed by atoms with van der Waals surface area (Å²) in [6, 6.07) is 10.6. The normalized spacial score (nSPS) is 30.7. The van der Waals surface area contributed by atoms with Crippen LogP contribution < -0.4 is 0 Å². The Kier molecular flexibility index (Phi) is 3.11. The molecule has 2 atom stereocenters. The molecule has 0 radical (unpaired) electrons. The van der Waals surface area contributed by atoms with E-state index < -0.39 is 0 Å². The smallest absolute Gasteiger partial charge is 0.0648 e. The molecular formula is C14H20O. The monoisotopic (exact) mass is 204 g/mol. The third kappa shape index (κ3) is 2.60. The first-order valence-electron chi connectivity index (χ1n) is 5.98. The molecule has 1 saturated carbocycles. The van der Waals surface area contributed by atoms with Crippen molar-refractivity contribution in [2.24, 2.45) is 5.92 Å². The van der Waals surface area contributed by atoms with Crippen molar-refractivity contribution in [3.05, 3.63) is 35.9 Å². The lowest BCUT2D eigenvalue weighted by Gasteiger charge is -2.20. The first kappa shape index (κ1) is 10.7. The lowest BCUT2D eigenvalue weighted by Crippen LogP contribution is -2.23. The number of hydrogen-bond donors (Lipinski definition) is 1. The molecule has 82 valence electrons. The quantitative estimate of drug-likeness (QED) is 0.801. The summed E-state index contributed by atoms with van der Waals surface area (Å²) in [5, 5.41) is 10.1. The van der Waals surface area contributed by atoms with Crippen molar-refractivity contribution in [2.75, 3.05) is 0 Å². The fourth-order valence-corrected chi connectivity index (χ4v) is 2.66. The standard InChI is InChI=1S/C14H20O/c1-2-14(15)9-8-13(11-14)10-12-6-4-3-5-7-12/h3-7,13,15H,2,8-11H2,1H3. The Hall–Kier alpha value is -0.820. The zero-order chi connectivity index (χ0) is 10.7. The Morgan fingerprint density at radius 3 is 2.67 bits per heavy atom. The highest BCUT2D eigenvalue weighted by atomic mass is 16.3. The summed E-state index contributed by atoms with van der Waals surface area (Å²) in [7, 11) is 0. The van der Waals surface area contributed by atoms with E-state index in [-0.39, 0.29) is 5.60 Å². The first-order chi connectivity index (χ1) is 7.22. The van der Waals surface area contributed by atoms with E-state index in [1.807, 2.05) is 0 Å². The fourth-order valence-electron chi connectivity index (χ4n) is 2.66. The van der Waals surface area contributed by atoms with Crippen molar-refractivity contribution in [1.29, 1.82) is 0 Å². The van der Waals surface area contributed by atoms with Crippen molar-refractivity contribution >= 4 is 0 Å². The summed E-state index contributed by atoms with van der Waals surface area (Å²) in [6.45, 7) is 2.09. The van der Waals surface area contributed by atoms with E-state index in [0.717, 1.165) is 25.7 Å². The highest BCUT2D eigenvalue weighted by Crippen LogP contribution is 2.38. The van der Waals surface area contributed by atoms with Gasteiger partial charge < -0.3 is 5.11 Å². The Labute approximate surface area is 92.1 Å². The number of benzene rings is 1. The van der Waals surface area contributed by atoms with Crippen molar-refractivity contribution < 1.29 is 5.11 Å². The summed E-state index contributed by atoms with van der Waals surface area (Å²) in [5.41, 5.74) is 1.04. The maximum atomic E-state index is 10.1. The van der Waals surface area contributed by atoms with Crippen LogP contribution in [-0.4, -0.2) is 10.7 Å². The highest BCUT2D eigenvalue weighted by Gasteiger charge is 2.35. The van der Waals surface area contributed by atoms with E-state index in [1.165, 1.54) is 12.0 Å². The summed E-state index contributed by atoms with van der Waals surface area (Å²) in [4.78, 5) is 0. The molecule has 1 aromatic rings. The molecule has 0 spiro atoms. The van der Waals surface area contributed by atoms with E-state index in [0.29, 0.717) is 5.92 Å². The molecule has 0 heterocycles. The van der Waals surface area contributed by atoms with E-state index in [4.69, 9.17) is 0 Å². The third-order valence-corrected chi connectivity index (χ3v) is 3.71. The van der Waals surface area contributed by atoms with Gasteiger partial charge in [-0.3, -0.25) is 0 Å². The molecule has 0 amide bonds. The molecule has 1 aromatic carbocycles. The van der Waals surface area contributed by atoms with Crippen LogP contribution in [0.25, 0.3) is 0 Å². The van der Waals surface area contributed by atoms with Gasteiger partial charge >= 0.3 is 0 Å². The third-order valence-electron chi connectivity index (χ3n) is 3.71. The van der Waals surface area contributed by atoms with Gasteiger partial charge in [-0.2, -0.15) is 0 Å². The first-order valence-corrected chi connectivity index (χ1v) is 5.98. The molecule has 2 rings (SSSR count). The Morgan fingerprint density at radius 1 is 1.33 bits per heavy atom. The Morgan fingerprint density at radius 2 is 2.07 bits per heavy atom. The SMILES string of the molecule is CCC1(O)CCC(Cc2ccccc2)C1. The average molecular weight is 204 g/mol. The maximum absolute atomic E-state index is 10.1. The van der Waals surface area contributed by atoms with Crippen LogP contribution in [0, 0.1) is 5.92 Å². The van der Waals surface area contributed by atoms with Crippen LogP contribution in [0.2, 0.25) is 0 Å². The summed E-state index contributed by atoms with van der Waals surface area (Å²) in [6.07, 6.45) is 5.18. The second kappa shape index (κ2) is 4.36. The van der Waals surface area contributed by atoms with E-state index >= 15 is 0 Å². The van der Waals surface area contributed by atoms with Crippen LogP contribution in [-0.2, 0) is 6.42 Å². The summed E-state index contributed by atoms with van der Waals surface area (Å²) in [5.74, 6) is 0.678. The lowest BCUT2D eigenvalue weighted by atomic mass is 9.94. The maximum Gasteiger partial charge on any atom is 0.0648 e. The Bertz CT molecular complexity index is 306. The number of aliphatic hydroxyl groups is 1. The van der Waals surface area contributed by atoms with Crippen molar-refractivity contribution in [1.82, 2.24) is 0 Å². The van der Waals surface area contributed by atoms with Crippen LogP contribution in [0.15, 0.2) is 30.3 Å². The van der Waals surface area contributed by atoms with E-state index in [1.54, 1.807) is 0 Å². The average Bonchev–Trinajstić information content (AvgIpc) is 2.63. The fraction of sp³-hybridized carbons (Fsp3) is 0.571. The summed E-state index contributed by atoms with van der Waals surface area (Å²) >= 11 is 0. The van der Waals surface area contributed by atoms with Crippen molar-refractivity contribution in [2.45, 2.75) is 44.6 Å². The minimum atomic E-state index is -0.362. The van der Waals surface area contributed by atoms with Gasteiger partial charge in [-0.25, -0.2) is 0 Å². The molecule has 0 bridgehead atoms. The van der Waals surface area contributed by atoms with Gasteiger partial charge in [-0.15, -0.1) is 0 Å². The minimum absolute atomic E-state index is 0.362. The van der Waals surface area contributed by atoms with Gasteiger partial charge in [0.15, 0.2) is 0 Å². The topological polar surface area (TPSA) is 20.2 Å². The zero-order valence-electron chi connectivity index (χ0n) is 9.45. The predicted molar refractivity (Wildman–Crippen MR) is 62.7 cm³/mol. The van der Waals surface area contributed by atoms with Gasteiger partial charge in [0.25, 0.3) is 0 Å². The molecule has 1 aliphatic carbocycles. The summed E-state index contributed by atoms with van der Waals surface area (Å²) < 4.78 is 0. The molecule has 1 N–H and O–H groups in total. The van der Waals surface area contributed by atoms with Gasteiger partial charge in [-0.1, -0.05) is 37.3 Å². The predicted octanol–water partition coefficient (Wildman–Crippen LogP) is 3.17. The van der Waals surface area contributed by atoms with Crippen LogP contribution >= 0.6 is 0 Å². The van der Waals surface area contributed by atoms with Crippen LogP contribution in [0.4, 0.5) is 0 Å². The second-order valence-corrected chi connectivity index (χ2v) is 4.88. The zero-order valence-corrected chi connectivity index (χ0v) is 9.45. The number of rotatable bonds is 3. The molecule has 1 nitrogen and oxygen atoms in total. The van der Waals surface area contributed by atoms with Crippen LogP contribution in [0.1, 0.15) is 38.2 Å². The molecular weight excluding hydrogens is 184 g/mol. The van der Waals surface area contributed by atoms with E-state index in [2.05, 4.69) is 37.3 Å². The molecule has 2 unspecified atom stereocenters. The van der Waals surface area contributed by atoms with Gasteiger partial charge in [0.2, 0.25) is 0 Å². The highest BCUT2D eigenvalue weighted by molar-refractivity contribution is 5.15. The Balaban J connectivity index is 1.93. The van der Waals surface area contributed by atoms with E-state index in [9.17, 15) is 5.11 Å². The number of hydrogen-bond acceptors (Lipinski definition) is 1. The second-order valence-electron chi connectivity index (χ2n) is 4.88. The largest absolute Gasteiger partial charge is 0.390 e. The lowest BCUT2D eigenvalue weighted by molar-refractivity contribution is 0.0396. The molecule has 0 saturated heterocycles. The molecule has 15 heavy (non-hydrogen) atoms. The molecule has 0 aliphatic heterocycles. The van der Waals surface area contributed by atoms with Gasteiger partial charge in [0.1, 0.15) is 0 Å². The van der Waals surface area contributed by atoms with Crippen molar-refractivity contribution in [3.63, 3.8) is 0 Å². The van der Waals surface area contributed by atoms with Crippen molar-refractivity contribution in [3.8, 4) is 0 Å². The molecule has 1 aliphatic rings. The van der Waals surface area contributed by atoms with Crippen LogP contribution in [0.5, 0.6) is 0 Å². The van der Waals surface area contributed by atoms with Gasteiger partial charge in [0.05, 0.1) is 5.60 Å².